The van der Waals surface area contributed by atoms with Crippen molar-refractivity contribution in [2.75, 3.05) is 0 Å². The Kier molecular flexibility index (Phi) is 4.98. The van der Waals surface area contributed by atoms with Gasteiger partial charge in [-0.05, 0) is 49.1 Å². The number of alkyl halides is 3. The standard InChI is InChI=1S/C19H20F3NO3S/c1-3-14-12-18(14,15-6-4-5-13(2)11-15)23-27(24,25)17-9-7-16(8-10-17)26-19(20,21)22/h4-11,14,23H,3,12H2,1-2H3/t14-,18-/m1/s1. The second-order valence-corrected chi connectivity index (χ2v) is 8.46. The summed E-state index contributed by atoms with van der Waals surface area (Å²) in [4.78, 5) is -0.106. The molecule has 0 saturated heterocycles. The number of hydrogen-bond acceptors (Lipinski definition) is 3. The molecule has 0 amide bonds. The van der Waals surface area contributed by atoms with Crippen LogP contribution in [0.5, 0.6) is 5.75 Å². The van der Waals surface area contributed by atoms with E-state index in [0.29, 0.717) is 6.42 Å². The number of hydrogen-bond donors (Lipinski definition) is 1. The van der Waals surface area contributed by atoms with Crippen molar-refractivity contribution >= 4 is 10.0 Å². The van der Waals surface area contributed by atoms with Gasteiger partial charge in [-0.15, -0.1) is 13.2 Å². The smallest absolute Gasteiger partial charge is 0.406 e. The number of benzene rings is 2. The summed E-state index contributed by atoms with van der Waals surface area (Å²) in [6.07, 6.45) is -3.33. The molecule has 4 nitrogen and oxygen atoms in total. The van der Waals surface area contributed by atoms with Crippen molar-refractivity contribution in [3.05, 3.63) is 59.7 Å². The largest absolute Gasteiger partial charge is 0.573 e. The van der Waals surface area contributed by atoms with Crippen LogP contribution in [0.4, 0.5) is 13.2 Å². The maximum atomic E-state index is 12.8. The molecule has 0 spiro atoms. The summed E-state index contributed by atoms with van der Waals surface area (Å²) in [6, 6.07) is 11.9. The SMILES string of the molecule is CC[C@@H]1C[C@]1(NS(=O)(=O)c1ccc(OC(F)(F)F)cc1)c1cccc(C)c1. The van der Waals surface area contributed by atoms with Crippen LogP contribution in [0.25, 0.3) is 0 Å². The van der Waals surface area contributed by atoms with E-state index in [0.717, 1.165) is 41.8 Å². The lowest BCUT2D eigenvalue weighted by Gasteiger charge is -2.21. The van der Waals surface area contributed by atoms with E-state index < -0.39 is 27.7 Å². The molecule has 146 valence electrons. The molecule has 8 heteroatoms. The van der Waals surface area contributed by atoms with Gasteiger partial charge in [-0.25, -0.2) is 13.1 Å². The first-order valence-corrected chi connectivity index (χ1v) is 10.0. The third-order valence-corrected chi connectivity index (χ3v) is 6.34. The Morgan fingerprint density at radius 3 is 2.37 bits per heavy atom. The average Bonchev–Trinajstić information content (AvgIpc) is 3.27. The van der Waals surface area contributed by atoms with E-state index in [-0.39, 0.29) is 10.8 Å². The van der Waals surface area contributed by atoms with Gasteiger partial charge in [-0.3, -0.25) is 0 Å². The molecule has 1 saturated carbocycles. The predicted molar refractivity (Wildman–Crippen MR) is 94.7 cm³/mol. The van der Waals surface area contributed by atoms with Crippen LogP contribution in [0.1, 0.15) is 30.9 Å². The Labute approximate surface area is 156 Å². The van der Waals surface area contributed by atoms with Gasteiger partial charge in [0.05, 0.1) is 10.4 Å². The molecule has 3 rings (SSSR count). The highest BCUT2D eigenvalue weighted by atomic mass is 32.2. The Morgan fingerprint density at radius 1 is 1.19 bits per heavy atom. The molecular formula is C19H20F3NO3S. The van der Waals surface area contributed by atoms with Crippen molar-refractivity contribution < 1.29 is 26.3 Å². The van der Waals surface area contributed by atoms with Gasteiger partial charge < -0.3 is 4.74 Å². The van der Waals surface area contributed by atoms with Crippen molar-refractivity contribution in [1.82, 2.24) is 4.72 Å². The Morgan fingerprint density at radius 2 is 1.85 bits per heavy atom. The van der Waals surface area contributed by atoms with E-state index in [1.165, 1.54) is 0 Å². The highest BCUT2D eigenvalue weighted by molar-refractivity contribution is 7.89. The second kappa shape index (κ2) is 6.83. The maximum absolute atomic E-state index is 12.8. The zero-order valence-corrected chi connectivity index (χ0v) is 15.7. The van der Waals surface area contributed by atoms with Crippen LogP contribution >= 0.6 is 0 Å². The molecule has 27 heavy (non-hydrogen) atoms. The minimum Gasteiger partial charge on any atom is -0.406 e. The molecular weight excluding hydrogens is 379 g/mol. The highest BCUT2D eigenvalue weighted by Crippen LogP contribution is 2.54. The third-order valence-electron chi connectivity index (χ3n) is 4.82. The summed E-state index contributed by atoms with van der Waals surface area (Å²) in [6.45, 7) is 3.94. The topological polar surface area (TPSA) is 55.4 Å². The second-order valence-electron chi connectivity index (χ2n) is 6.77. The highest BCUT2D eigenvalue weighted by Gasteiger charge is 2.56. The van der Waals surface area contributed by atoms with Gasteiger partial charge >= 0.3 is 6.36 Å². The van der Waals surface area contributed by atoms with E-state index >= 15 is 0 Å². The van der Waals surface area contributed by atoms with Crippen molar-refractivity contribution in [1.29, 1.82) is 0 Å². The third kappa shape index (κ3) is 4.27. The lowest BCUT2D eigenvalue weighted by atomic mass is 10.0. The fourth-order valence-electron chi connectivity index (χ4n) is 3.40. The van der Waals surface area contributed by atoms with Crippen molar-refractivity contribution in [3.8, 4) is 5.75 Å². The number of sulfonamides is 1. The molecule has 0 heterocycles. The predicted octanol–water partition coefficient (Wildman–Crippen LogP) is 4.50. The molecule has 2 aromatic carbocycles. The minimum atomic E-state index is -4.82. The van der Waals surface area contributed by atoms with Crippen LogP contribution in [-0.4, -0.2) is 14.8 Å². The number of aryl methyl sites for hydroxylation is 1. The summed E-state index contributed by atoms with van der Waals surface area (Å²) < 4.78 is 69.0. The summed E-state index contributed by atoms with van der Waals surface area (Å²) in [5.41, 5.74) is 1.25. The Bertz CT molecular complexity index is 926. The van der Waals surface area contributed by atoms with Crippen LogP contribution < -0.4 is 9.46 Å². The first kappa shape index (κ1) is 19.7. The zero-order valence-electron chi connectivity index (χ0n) is 14.9. The number of halogens is 3. The molecule has 0 aliphatic heterocycles. The summed E-state index contributed by atoms with van der Waals surface area (Å²) >= 11 is 0. The van der Waals surface area contributed by atoms with Gasteiger partial charge in [0.25, 0.3) is 0 Å². The minimum absolute atomic E-state index is 0.106. The van der Waals surface area contributed by atoms with Crippen LogP contribution in [0.15, 0.2) is 53.4 Å². The molecule has 0 radical (unpaired) electrons. The van der Waals surface area contributed by atoms with Crippen molar-refractivity contribution in [3.63, 3.8) is 0 Å². The lowest BCUT2D eigenvalue weighted by molar-refractivity contribution is -0.274. The van der Waals surface area contributed by atoms with E-state index in [9.17, 15) is 21.6 Å². The average molecular weight is 399 g/mol. The van der Waals surface area contributed by atoms with E-state index in [1.807, 2.05) is 38.1 Å². The van der Waals surface area contributed by atoms with Gasteiger partial charge in [0.1, 0.15) is 5.75 Å². The lowest BCUT2D eigenvalue weighted by Crippen LogP contribution is -2.36. The monoisotopic (exact) mass is 399 g/mol. The number of rotatable bonds is 6. The first-order chi connectivity index (χ1) is 12.6. The fourth-order valence-corrected chi connectivity index (χ4v) is 4.86. The van der Waals surface area contributed by atoms with Gasteiger partial charge in [0.15, 0.2) is 0 Å². The van der Waals surface area contributed by atoms with Gasteiger partial charge in [0.2, 0.25) is 10.0 Å². The molecule has 1 aliphatic carbocycles. The van der Waals surface area contributed by atoms with Gasteiger partial charge in [-0.2, -0.15) is 0 Å². The van der Waals surface area contributed by atoms with Crippen LogP contribution in [0, 0.1) is 12.8 Å². The van der Waals surface area contributed by atoms with Crippen LogP contribution in [0.2, 0.25) is 0 Å². The molecule has 0 aromatic heterocycles. The first-order valence-electron chi connectivity index (χ1n) is 8.53. The van der Waals surface area contributed by atoms with Crippen molar-refractivity contribution in [2.45, 2.75) is 43.5 Å². The summed E-state index contributed by atoms with van der Waals surface area (Å²) in [7, 11) is -3.91. The molecule has 1 aliphatic rings. The Hall–Kier alpha value is -2.06. The normalized spacial score (nSPS) is 22.5. The van der Waals surface area contributed by atoms with E-state index in [4.69, 9.17) is 0 Å². The number of nitrogens with one attached hydrogen (secondary N) is 1. The molecule has 1 N–H and O–H groups in total. The van der Waals surface area contributed by atoms with E-state index in [2.05, 4.69) is 9.46 Å². The maximum Gasteiger partial charge on any atom is 0.573 e. The quantitative estimate of drug-likeness (QED) is 0.778. The molecule has 0 unspecified atom stereocenters. The van der Waals surface area contributed by atoms with Crippen LogP contribution in [-0.2, 0) is 15.6 Å². The molecule has 2 atom stereocenters. The number of ether oxygens (including phenoxy) is 1. The van der Waals surface area contributed by atoms with Crippen molar-refractivity contribution in [2.24, 2.45) is 5.92 Å². The fraction of sp³-hybridized carbons (Fsp3) is 0.368. The Balaban J connectivity index is 1.86. The van der Waals surface area contributed by atoms with Gasteiger partial charge in [0, 0.05) is 0 Å². The van der Waals surface area contributed by atoms with E-state index in [1.54, 1.807) is 0 Å². The molecule has 1 fully saturated rings. The van der Waals surface area contributed by atoms with Gasteiger partial charge in [-0.1, -0.05) is 43.2 Å². The molecule has 2 aromatic rings. The zero-order chi connectivity index (χ0) is 19.9. The summed E-state index contributed by atoms with van der Waals surface area (Å²) in [5, 5.41) is 0. The molecule has 0 bridgehead atoms. The van der Waals surface area contributed by atoms with Crippen LogP contribution in [0.3, 0.4) is 0 Å². The summed E-state index contributed by atoms with van der Waals surface area (Å²) in [5.74, 6) is -0.297.